The topological polar surface area (TPSA) is 84.2 Å². The van der Waals surface area contributed by atoms with Gasteiger partial charge in [0, 0.05) is 78.1 Å². The number of piperazine rings is 1. The number of nitrogens with zero attached hydrogens (tertiary/aromatic N) is 8. The number of anilines is 1. The largest absolute Gasteiger partial charge is 0.474 e. The van der Waals surface area contributed by atoms with Gasteiger partial charge in [0.05, 0.1) is 37.5 Å². The van der Waals surface area contributed by atoms with Crippen LogP contribution in [0.4, 0.5) is 14.7 Å². The summed E-state index contributed by atoms with van der Waals surface area (Å²) < 4.78 is 47.4. The first-order valence-electron chi connectivity index (χ1n) is 17.0. The second-order valence-corrected chi connectivity index (χ2v) is 12.9. The average molecular weight is 641 g/mol. The molecule has 1 saturated carbocycles. The smallest absolute Gasteiger partial charge is 0.296 e. The molecule has 3 aliphatic heterocycles. The Labute approximate surface area is 269 Å². The zero-order chi connectivity index (χ0) is 31.3. The van der Waals surface area contributed by atoms with Crippen LogP contribution in [-0.2, 0) is 9.47 Å². The molecule has 0 radical (unpaired) electrons. The van der Waals surface area contributed by atoms with Gasteiger partial charge in [-0.05, 0) is 43.7 Å². The standard InChI is InChI=1S/C33H46F2N8O3/c34-31(35)32-36-27-3-1-2-4-28(27)43(32)29-23-30(38-33(37-29)42-17-21-45-22-18-42)46-26-7-5-25(6-8-26)24-41-13-11-39(12-14-41)9-10-40-15-19-44-20-16-40/h1-4,23,25-26,31H,5-22,24H2. The molecule has 250 valence electrons. The summed E-state index contributed by atoms with van der Waals surface area (Å²) >= 11 is 0. The van der Waals surface area contributed by atoms with E-state index >= 15 is 0 Å². The summed E-state index contributed by atoms with van der Waals surface area (Å²) in [5.41, 5.74) is 1.08. The van der Waals surface area contributed by atoms with Crippen LogP contribution in [0.25, 0.3) is 16.9 Å². The van der Waals surface area contributed by atoms with E-state index in [2.05, 4.69) is 19.7 Å². The highest BCUT2D eigenvalue weighted by molar-refractivity contribution is 5.78. The summed E-state index contributed by atoms with van der Waals surface area (Å²) in [6.07, 6.45) is 1.39. The minimum absolute atomic E-state index is 0.0303. The Bertz CT molecular complexity index is 1420. The predicted octanol–water partition coefficient (Wildman–Crippen LogP) is 3.48. The fourth-order valence-corrected chi connectivity index (χ4v) is 7.18. The van der Waals surface area contributed by atoms with Crippen molar-refractivity contribution in [3.05, 3.63) is 36.2 Å². The molecule has 4 fully saturated rings. The van der Waals surface area contributed by atoms with Crippen LogP contribution in [0, 0.1) is 5.92 Å². The third-order valence-corrected chi connectivity index (χ3v) is 9.88. The summed E-state index contributed by atoms with van der Waals surface area (Å²) in [6, 6.07) is 8.84. The molecule has 0 bridgehead atoms. The van der Waals surface area contributed by atoms with Gasteiger partial charge in [0.15, 0.2) is 5.82 Å². The van der Waals surface area contributed by atoms with Crippen molar-refractivity contribution in [3.8, 4) is 11.7 Å². The number of halogens is 2. The molecule has 13 heteroatoms. The van der Waals surface area contributed by atoms with Gasteiger partial charge >= 0.3 is 0 Å². The molecule has 2 aromatic heterocycles. The number of benzene rings is 1. The van der Waals surface area contributed by atoms with Gasteiger partial charge in [-0.25, -0.2) is 13.8 Å². The van der Waals surface area contributed by atoms with Gasteiger partial charge in [-0.1, -0.05) is 12.1 Å². The van der Waals surface area contributed by atoms with Crippen LogP contribution < -0.4 is 9.64 Å². The molecule has 0 spiro atoms. The van der Waals surface area contributed by atoms with Crippen LogP contribution in [-0.4, -0.2) is 139 Å². The highest BCUT2D eigenvalue weighted by Crippen LogP contribution is 2.32. The molecule has 11 nitrogen and oxygen atoms in total. The van der Waals surface area contributed by atoms with Crippen molar-refractivity contribution in [1.29, 1.82) is 0 Å². The Morgan fingerprint density at radius 2 is 1.41 bits per heavy atom. The lowest BCUT2D eigenvalue weighted by atomic mass is 9.87. The Morgan fingerprint density at radius 1 is 0.761 bits per heavy atom. The quantitative estimate of drug-likeness (QED) is 0.329. The molecule has 1 aliphatic carbocycles. The Morgan fingerprint density at radius 3 is 2.13 bits per heavy atom. The molecule has 3 aromatic rings. The maximum absolute atomic E-state index is 14.2. The van der Waals surface area contributed by atoms with Gasteiger partial charge in [0.2, 0.25) is 11.8 Å². The molecule has 46 heavy (non-hydrogen) atoms. The molecule has 4 aliphatic rings. The van der Waals surface area contributed by atoms with Crippen LogP contribution in [0.1, 0.15) is 37.9 Å². The van der Waals surface area contributed by atoms with E-state index in [1.807, 2.05) is 11.0 Å². The number of fused-ring (bicyclic) bond motifs is 1. The Balaban J connectivity index is 0.972. The van der Waals surface area contributed by atoms with E-state index in [9.17, 15) is 8.78 Å². The zero-order valence-corrected chi connectivity index (χ0v) is 26.6. The first-order valence-corrected chi connectivity index (χ1v) is 17.0. The van der Waals surface area contributed by atoms with Gasteiger partial charge in [-0.15, -0.1) is 0 Å². The monoisotopic (exact) mass is 640 g/mol. The van der Waals surface area contributed by atoms with E-state index in [4.69, 9.17) is 24.2 Å². The molecule has 0 amide bonds. The minimum atomic E-state index is -2.76. The number of imidazole rings is 1. The maximum atomic E-state index is 14.2. The van der Waals surface area contributed by atoms with Gasteiger partial charge in [-0.2, -0.15) is 9.97 Å². The Hall–Kier alpha value is -2.97. The van der Waals surface area contributed by atoms with Gasteiger partial charge in [0.1, 0.15) is 11.9 Å². The molecule has 0 atom stereocenters. The second-order valence-electron chi connectivity index (χ2n) is 12.9. The van der Waals surface area contributed by atoms with Crippen molar-refractivity contribution in [1.82, 2.24) is 34.2 Å². The SMILES string of the molecule is FC(F)c1nc2ccccc2n1-c1cc(OC2CCC(CN3CCN(CCN4CCOCC4)CC3)CC2)nc(N2CCOCC2)n1. The van der Waals surface area contributed by atoms with Crippen molar-refractivity contribution in [2.75, 3.05) is 103 Å². The van der Waals surface area contributed by atoms with E-state index in [-0.39, 0.29) is 11.9 Å². The van der Waals surface area contributed by atoms with Crippen LogP contribution in [0.5, 0.6) is 5.88 Å². The van der Waals surface area contributed by atoms with Crippen molar-refractivity contribution >= 4 is 17.0 Å². The summed E-state index contributed by atoms with van der Waals surface area (Å²) in [4.78, 5) is 23.5. The molecule has 5 heterocycles. The number of rotatable bonds is 10. The molecule has 7 rings (SSSR count). The second kappa shape index (κ2) is 14.8. The maximum Gasteiger partial charge on any atom is 0.296 e. The highest BCUT2D eigenvalue weighted by atomic mass is 19.3. The lowest BCUT2D eigenvalue weighted by molar-refractivity contribution is 0.0286. The van der Waals surface area contributed by atoms with Crippen LogP contribution in [0.15, 0.2) is 30.3 Å². The van der Waals surface area contributed by atoms with Gasteiger partial charge in [-0.3, -0.25) is 14.4 Å². The number of ether oxygens (including phenoxy) is 3. The number of hydrogen-bond acceptors (Lipinski definition) is 10. The fourth-order valence-electron chi connectivity index (χ4n) is 7.18. The number of alkyl halides is 2. The Kier molecular flexibility index (Phi) is 10.2. The van der Waals surface area contributed by atoms with E-state index in [0.29, 0.717) is 60.9 Å². The predicted molar refractivity (Wildman–Crippen MR) is 171 cm³/mol. The number of para-hydroxylation sites is 2. The molecular formula is C33H46F2N8O3. The van der Waals surface area contributed by atoms with Crippen LogP contribution >= 0.6 is 0 Å². The lowest BCUT2D eigenvalue weighted by Crippen LogP contribution is -2.50. The summed E-state index contributed by atoms with van der Waals surface area (Å²) in [5.74, 6) is 1.55. The molecule has 3 saturated heterocycles. The lowest BCUT2D eigenvalue weighted by Gasteiger charge is -2.39. The normalized spacial score (nSPS) is 24.2. The number of hydrogen-bond donors (Lipinski definition) is 0. The van der Waals surface area contributed by atoms with Crippen LogP contribution in [0.3, 0.4) is 0 Å². The summed E-state index contributed by atoms with van der Waals surface area (Å²) in [7, 11) is 0. The van der Waals surface area contributed by atoms with Crippen molar-refractivity contribution in [3.63, 3.8) is 0 Å². The highest BCUT2D eigenvalue weighted by Gasteiger charge is 2.28. The van der Waals surface area contributed by atoms with E-state index in [1.165, 1.54) is 4.57 Å². The zero-order valence-electron chi connectivity index (χ0n) is 26.6. The molecular weight excluding hydrogens is 594 g/mol. The van der Waals surface area contributed by atoms with Crippen LogP contribution in [0.2, 0.25) is 0 Å². The number of aromatic nitrogens is 4. The van der Waals surface area contributed by atoms with Crippen molar-refractivity contribution in [2.45, 2.75) is 38.2 Å². The molecule has 1 aromatic carbocycles. The number of morpholine rings is 2. The summed E-state index contributed by atoms with van der Waals surface area (Å²) in [5, 5.41) is 0. The first-order chi connectivity index (χ1) is 22.6. The van der Waals surface area contributed by atoms with Gasteiger partial charge in [0.25, 0.3) is 6.43 Å². The van der Waals surface area contributed by atoms with E-state index in [1.54, 1.807) is 24.3 Å². The average Bonchev–Trinajstić information content (AvgIpc) is 3.50. The third kappa shape index (κ3) is 7.60. The van der Waals surface area contributed by atoms with E-state index < -0.39 is 6.43 Å². The van der Waals surface area contributed by atoms with Crippen molar-refractivity contribution < 1.29 is 23.0 Å². The van der Waals surface area contributed by atoms with Gasteiger partial charge < -0.3 is 24.0 Å². The van der Waals surface area contributed by atoms with E-state index in [0.717, 1.165) is 97.8 Å². The summed E-state index contributed by atoms with van der Waals surface area (Å²) in [6.45, 7) is 14.2. The minimum Gasteiger partial charge on any atom is -0.474 e. The molecule has 0 unspecified atom stereocenters. The third-order valence-electron chi connectivity index (χ3n) is 9.88. The van der Waals surface area contributed by atoms with Crippen molar-refractivity contribution in [2.24, 2.45) is 5.92 Å². The fraction of sp³-hybridized carbons (Fsp3) is 0.667. The molecule has 0 N–H and O–H groups in total. The first kappa shape index (κ1) is 31.6.